The number of alkyl halides is 1. The Hall–Kier alpha value is -2.63. The number of primary amides is 1. The van der Waals surface area contributed by atoms with Gasteiger partial charge in [-0.3, -0.25) is 13.6 Å². The number of fused-ring (bicyclic) bond motifs is 4. The molecular weight excluding hydrogens is 355 g/mol. The maximum Gasteiger partial charge on any atom is 0.252 e. The van der Waals surface area contributed by atoms with E-state index in [-0.39, 0.29) is 12.1 Å². The lowest BCUT2D eigenvalue weighted by Gasteiger charge is -2.40. The first kappa shape index (κ1) is 17.5. The predicted molar refractivity (Wildman–Crippen MR) is 109 cm³/mol. The molecule has 1 aromatic carbocycles. The van der Waals surface area contributed by atoms with Crippen molar-refractivity contribution in [2.24, 2.45) is 11.1 Å². The second-order valence-corrected chi connectivity index (χ2v) is 8.56. The number of para-hydroxylation sites is 2. The molecule has 6 heteroatoms. The molecule has 28 heavy (non-hydrogen) atoms. The van der Waals surface area contributed by atoms with E-state index in [2.05, 4.69) is 9.30 Å². The largest absolute Gasteiger partial charge is 0.365 e. The van der Waals surface area contributed by atoms with Crippen molar-refractivity contribution in [2.45, 2.75) is 39.0 Å². The summed E-state index contributed by atoms with van der Waals surface area (Å²) in [6, 6.07) is 7.96. The van der Waals surface area contributed by atoms with Gasteiger partial charge in [0.15, 0.2) is 5.65 Å². The highest BCUT2D eigenvalue weighted by atomic mass is 19.1. The van der Waals surface area contributed by atoms with Crippen LogP contribution >= 0.6 is 0 Å². The molecule has 1 fully saturated rings. The Bertz CT molecular complexity index is 1100. The lowest BCUT2D eigenvalue weighted by atomic mass is 9.81. The number of anilines is 1. The molecule has 1 amide bonds. The molecule has 2 N–H and O–H groups in total. The zero-order valence-electron chi connectivity index (χ0n) is 16.2. The van der Waals surface area contributed by atoms with Gasteiger partial charge in [0.25, 0.3) is 5.91 Å². The molecule has 1 aliphatic heterocycles. The SMILES string of the molecule is CC1(CF)CCN(c2c3c(c(C(N)=O)c4nc5ccccc5n24)CCC3)CC1. The molecule has 1 aliphatic carbocycles. The number of rotatable bonds is 3. The van der Waals surface area contributed by atoms with E-state index in [1.54, 1.807) is 0 Å². The van der Waals surface area contributed by atoms with Crippen LogP contribution in [0.25, 0.3) is 16.7 Å². The van der Waals surface area contributed by atoms with Crippen LogP contribution in [-0.4, -0.2) is 35.1 Å². The number of amides is 1. The second kappa shape index (κ2) is 6.19. The first-order chi connectivity index (χ1) is 13.5. The number of hydrogen-bond acceptors (Lipinski definition) is 3. The summed E-state index contributed by atoms with van der Waals surface area (Å²) in [5.41, 5.74) is 10.9. The van der Waals surface area contributed by atoms with Gasteiger partial charge in [-0.2, -0.15) is 0 Å². The molecule has 1 saturated heterocycles. The maximum atomic E-state index is 13.5. The zero-order valence-corrected chi connectivity index (χ0v) is 16.2. The van der Waals surface area contributed by atoms with Gasteiger partial charge >= 0.3 is 0 Å². The predicted octanol–water partition coefficient (Wildman–Crippen LogP) is 3.65. The summed E-state index contributed by atoms with van der Waals surface area (Å²) in [6.07, 6.45) is 4.46. The first-order valence-corrected chi connectivity index (χ1v) is 10.1. The Balaban J connectivity index is 1.79. The fourth-order valence-electron chi connectivity index (χ4n) is 4.93. The molecule has 3 heterocycles. The average molecular weight is 380 g/mol. The van der Waals surface area contributed by atoms with E-state index in [0.29, 0.717) is 11.2 Å². The minimum absolute atomic E-state index is 0.233. The average Bonchev–Trinajstić information content (AvgIpc) is 3.31. The smallest absolute Gasteiger partial charge is 0.252 e. The molecule has 0 radical (unpaired) electrons. The third-order valence-electron chi connectivity index (χ3n) is 6.62. The van der Waals surface area contributed by atoms with Crippen LogP contribution in [0, 0.1) is 5.41 Å². The van der Waals surface area contributed by atoms with Gasteiger partial charge in [-0.05, 0) is 60.8 Å². The van der Waals surface area contributed by atoms with Crippen molar-refractivity contribution in [3.05, 3.63) is 41.0 Å². The quantitative estimate of drug-likeness (QED) is 0.754. The Morgan fingerprint density at radius 1 is 1.21 bits per heavy atom. The highest BCUT2D eigenvalue weighted by Gasteiger charge is 2.35. The minimum atomic E-state index is -0.409. The zero-order chi connectivity index (χ0) is 19.5. The fourth-order valence-corrected chi connectivity index (χ4v) is 4.93. The molecule has 0 spiro atoms. The van der Waals surface area contributed by atoms with Gasteiger partial charge in [-0.1, -0.05) is 19.1 Å². The van der Waals surface area contributed by atoms with E-state index in [1.165, 1.54) is 5.56 Å². The molecule has 5 rings (SSSR count). The molecule has 146 valence electrons. The first-order valence-electron chi connectivity index (χ1n) is 10.1. The molecule has 0 bridgehead atoms. The van der Waals surface area contributed by atoms with E-state index in [9.17, 15) is 9.18 Å². The highest BCUT2D eigenvalue weighted by Crippen LogP contribution is 2.41. The van der Waals surface area contributed by atoms with Crippen molar-refractivity contribution in [1.29, 1.82) is 0 Å². The Kier molecular flexibility index (Phi) is 3.86. The van der Waals surface area contributed by atoms with Crippen molar-refractivity contribution < 1.29 is 9.18 Å². The maximum absolute atomic E-state index is 13.5. The van der Waals surface area contributed by atoms with Crippen LogP contribution in [-0.2, 0) is 12.8 Å². The number of imidazole rings is 1. The molecule has 5 nitrogen and oxygen atoms in total. The van der Waals surface area contributed by atoms with Gasteiger partial charge in [0, 0.05) is 13.1 Å². The van der Waals surface area contributed by atoms with Crippen LogP contribution < -0.4 is 10.6 Å². The molecule has 3 aromatic rings. The van der Waals surface area contributed by atoms with Crippen molar-refractivity contribution in [2.75, 3.05) is 24.7 Å². The Morgan fingerprint density at radius 3 is 2.64 bits per heavy atom. The van der Waals surface area contributed by atoms with Gasteiger partial charge in [0.1, 0.15) is 5.82 Å². The summed E-state index contributed by atoms with van der Waals surface area (Å²) < 4.78 is 15.6. The third kappa shape index (κ3) is 2.43. The standard InChI is InChI=1S/C22H25FN4O/c1-22(13-23)9-11-26(12-10-22)21-15-6-4-5-14(15)18(19(24)28)20-25-16-7-2-3-8-17(16)27(20)21/h2-3,7-8H,4-6,9-13H2,1H3,(H2,24,28). The fraction of sp³-hybridized carbons (Fsp3) is 0.455. The van der Waals surface area contributed by atoms with Gasteiger partial charge < -0.3 is 10.6 Å². The van der Waals surface area contributed by atoms with Crippen molar-refractivity contribution in [3.8, 4) is 0 Å². The number of carbonyl (C=O) groups excluding carboxylic acids is 1. The lowest BCUT2D eigenvalue weighted by Crippen LogP contribution is -2.41. The van der Waals surface area contributed by atoms with Crippen LogP contribution in [0.15, 0.2) is 24.3 Å². The summed E-state index contributed by atoms with van der Waals surface area (Å²) in [6.45, 7) is 3.38. The summed E-state index contributed by atoms with van der Waals surface area (Å²) in [4.78, 5) is 19.5. The van der Waals surface area contributed by atoms with Crippen molar-refractivity contribution in [1.82, 2.24) is 9.38 Å². The van der Waals surface area contributed by atoms with Gasteiger partial charge in [-0.25, -0.2) is 4.98 Å². The Labute approximate surface area is 163 Å². The molecule has 0 unspecified atom stereocenters. The second-order valence-electron chi connectivity index (χ2n) is 8.56. The van der Waals surface area contributed by atoms with Gasteiger partial charge in [0.2, 0.25) is 0 Å². The van der Waals surface area contributed by atoms with Crippen molar-refractivity contribution in [3.63, 3.8) is 0 Å². The number of halogens is 1. The summed E-state index contributed by atoms with van der Waals surface area (Å²) in [5, 5.41) is 0. The lowest BCUT2D eigenvalue weighted by molar-refractivity contribution is 0.100. The van der Waals surface area contributed by atoms with Crippen molar-refractivity contribution >= 4 is 28.4 Å². The van der Waals surface area contributed by atoms with E-state index >= 15 is 0 Å². The molecule has 0 atom stereocenters. The molecule has 2 aliphatic rings. The minimum Gasteiger partial charge on any atom is -0.365 e. The number of hydrogen-bond donors (Lipinski definition) is 1. The van der Waals surface area contributed by atoms with Crippen LogP contribution in [0.4, 0.5) is 10.2 Å². The number of pyridine rings is 1. The highest BCUT2D eigenvalue weighted by molar-refractivity contribution is 6.03. The Morgan fingerprint density at radius 2 is 1.93 bits per heavy atom. The van der Waals surface area contributed by atoms with Gasteiger partial charge in [-0.15, -0.1) is 0 Å². The van der Waals surface area contributed by atoms with Crippen LogP contribution in [0.1, 0.15) is 47.7 Å². The number of piperidine rings is 1. The summed E-state index contributed by atoms with van der Waals surface area (Å²) in [7, 11) is 0. The molecular formula is C22H25FN4O. The van der Waals surface area contributed by atoms with E-state index in [0.717, 1.165) is 67.6 Å². The number of carbonyl (C=O) groups is 1. The topological polar surface area (TPSA) is 63.6 Å². The van der Waals surface area contributed by atoms with Crippen LogP contribution in [0.5, 0.6) is 0 Å². The monoisotopic (exact) mass is 380 g/mol. The van der Waals surface area contributed by atoms with Gasteiger partial charge in [0.05, 0.1) is 23.3 Å². The van der Waals surface area contributed by atoms with Crippen LogP contribution in [0.3, 0.4) is 0 Å². The number of nitrogens with two attached hydrogens (primary N) is 1. The summed E-state index contributed by atoms with van der Waals surface area (Å²) >= 11 is 0. The normalized spacial score (nSPS) is 18.7. The van der Waals surface area contributed by atoms with E-state index in [4.69, 9.17) is 10.7 Å². The number of nitrogens with zero attached hydrogens (tertiary/aromatic N) is 3. The van der Waals surface area contributed by atoms with E-state index in [1.807, 2.05) is 31.2 Å². The van der Waals surface area contributed by atoms with E-state index < -0.39 is 5.91 Å². The molecule has 0 saturated carbocycles. The number of aromatic nitrogens is 2. The number of benzene rings is 1. The molecule has 2 aromatic heterocycles. The summed E-state index contributed by atoms with van der Waals surface area (Å²) in [5.74, 6) is 0.718. The third-order valence-corrected chi connectivity index (χ3v) is 6.62. The van der Waals surface area contributed by atoms with Crippen LogP contribution in [0.2, 0.25) is 0 Å².